The van der Waals surface area contributed by atoms with Gasteiger partial charge in [-0.1, -0.05) is 28.1 Å². The quantitative estimate of drug-likeness (QED) is 0.801. The van der Waals surface area contributed by atoms with Gasteiger partial charge in [-0.2, -0.15) is 0 Å². The van der Waals surface area contributed by atoms with Crippen LogP contribution in [0.2, 0.25) is 0 Å². The molecule has 2 aromatic rings. The summed E-state index contributed by atoms with van der Waals surface area (Å²) in [7, 11) is 1.63. The Kier molecular flexibility index (Phi) is 5.39. The molecule has 0 fully saturated rings. The number of hydrogen-bond donors (Lipinski definition) is 1. The predicted molar refractivity (Wildman–Crippen MR) is 94.3 cm³/mol. The van der Waals surface area contributed by atoms with Crippen molar-refractivity contribution >= 4 is 33.6 Å². The molecule has 0 aliphatic rings. The average molecular weight is 360 g/mol. The number of aryl methyl sites for hydroxylation is 2. The molecular weight excluding hydrogens is 342 g/mol. The summed E-state index contributed by atoms with van der Waals surface area (Å²) in [5, 5.41) is 2.93. The smallest absolute Gasteiger partial charge is 0.248 e. The maximum absolute atomic E-state index is 12.1. The van der Waals surface area contributed by atoms with Crippen LogP contribution in [0, 0.1) is 13.8 Å². The number of hydrogen-bond acceptors (Lipinski definition) is 2. The van der Waals surface area contributed by atoms with Crippen molar-refractivity contribution in [1.82, 2.24) is 0 Å². The van der Waals surface area contributed by atoms with Crippen LogP contribution in [0.4, 0.5) is 5.69 Å². The van der Waals surface area contributed by atoms with E-state index in [0.717, 1.165) is 32.6 Å². The first-order valence-electron chi connectivity index (χ1n) is 6.89. The molecule has 0 bridgehead atoms. The number of nitrogens with one attached hydrogen (secondary N) is 1. The first kappa shape index (κ1) is 16.3. The summed E-state index contributed by atoms with van der Waals surface area (Å²) in [4.78, 5) is 12.1. The highest BCUT2D eigenvalue weighted by molar-refractivity contribution is 9.10. The summed E-state index contributed by atoms with van der Waals surface area (Å²) in [5.74, 6) is 0.645. The number of anilines is 1. The molecule has 2 aromatic carbocycles. The highest BCUT2D eigenvalue weighted by atomic mass is 79.9. The monoisotopic (exact) mass is 359 g/mol. The molecule has 0 saturated carbocycles. The molecule has 0 aliphatic carbocycles. The lowest BCUT2D eigenvalue weighted by molar-refractivity contribution is -0.111. The van der Waals surface area contributed by atoms with Gasteiger partial charge in [-0.05, 0) is 60.9 Å². The van der Waals surface area contributed by atoms with Gasteiger partial charge >= 0.3 is 0 Å². The molecule has 0 aliphatic heterocycles. The molecule has 0 atom stereocenters. The molecule has 3 nitrogen and oxygen atoms in total. The second-order valence-corrected chi connectivity index (χ2v) is 5.93. The molecule has 0 aromatic heterocycles. The minimum Gasteiger partial charge on any atom is -0.497 e. The molecule has 1 N–H and O–H groups in total. The van der Waals surface area contributed by atoms with E-state index in [2.05, 4.69) is 21.2 Å². The van der Waals surface area contributed by atoms with Crippen LogP contribution in [0.1, 0.15) is 16.7 Å². The number of rotatable bonds is 4. The van der Waals surface area contributed by atoms with Gasteiger partial charge < -0.3 is 10.1 Å². The third kappa shape index (κ3) is 4.21. The lowest BCUT2D eigenvalue weighted by atomic mass is 10.1. The lowest BCUT2D eigenvalue weighted by Gasteiger charge is -2.10. The minimum atomic E-state index is -0.149. The van der Waals surface area contributed by atoms with E-state index >= 15 is 0 Å². The average Bonchev–Trinajstić information content (AvgIpc) is 2.49. The van der Waals surface area contributed by atoms with Crippen LogP contribution in [-0.2, 0) is 4.79 Å². The van der Waals surface area contributed by atoms with Crippen molar-refractivity contribution in [2.75, 3.05) is 12.4 Å². The van der Waals surface area contributed by atoms with Gasteiger partial charge in [-0.25, -0.2) is 0 Å². The van der Waals surface area contributed by atoms with Gasteiger partial charge in [0.2, 0.25) is 5.91 Å². The van der Waals surface area contributed by atoms with Gasteiger partial charge in [0.1, 0.15) is 5.75 Å². The highest BCUT2D eigenvalue weighted by Gasteiger charge is 2.06. The van der Waals surface area contributed by atoms with E-state index in [4.69, 9.17) is 4.74 Å². The fourth-order valence-corrected chi connectivity index (χ4v) is 2.85. The van der Waals surface area contributed by atoms with Crippen molar-refractivity contribution in [3.63, 3.8) is 0 Å². The zero-order valence-electron chi connectivity index (χ0n) is 12.8. The Labute approximate surface area is 139 Å². The van der Waals surface area contributed by atoms with Crippen molar-refractivity contribution in [1.29, 1.82) is 0 Å². The summed E-state index contributed by atoms with van der Waals surface area (Å²) >= 11 is 3.45. The van der Waals surface area contributed by atoms with E-state index in [1.54, 1.807) is 13.2 Å². The summed E-state index contributed by atoms with van der Waals surface area (Å²) < 4.78 is 6.11. The Balaban J connectivity index is 2.08. The summed E-state index contributed by atoms with van der Waals surface area (Å²) in [5.41, 5.74) is 3.85. The molecule has 0 unspecified atom stereocenters. The van der Waals surface area contributed by atoms with Crippen molar-refractivity contribution in [3.05, 3.63) is 63.6 Å². The van der Waals surface area contributed by atoms with Gasteiger partial charge in [-0.3, -0.25) is 4.79 Å². The van der Waals surface area contributed by atoms with Crippen LogP contribution in [0.25, 0.3) is 6.08 Å². The van der Waals surface area contributed by atoms with Crippen LogP contribution in [0.5, 0.6) is 5.75 Å². The molecule has 114 valence electrons. The lowest BCUT2D eigenvalue weighted by Crippen LogP contribution is -2.10. The largest absolute Gasteiger partial charge is 0.497 e. The van der Waals surface area contributed by atoms with Crippen molar-refractivity contribution in [2.24, 2.45) is 0 Å². The second-order valence-electron chi connectivity index (χ2n) is 5.01. The summed E-state index contributed by atoms with van der Waals surface area (Å²) in [6, 6.07) is 11.5. The van der Waals surface area contributed by atoms with E-state index in [1.807, 2.05) is 50.2 Å². The minimum absolute atomic E-state index is 0.149. The first-order valence-corrected chi connectivity index (χ1v) is 7.69. The van der Waals surface area contributed by atoms with Crippen molar-refractivity contribution in [2.45, 2.75) is 13.8 Å². The summed E-state index contributed by atoms with van der Waals surface area (Å²) in [6.07, 6.45) is 3.31. The van der Waals surface area contributed by atoms with Crippen LogP contribution >= 0.6 is 15.9 Å². The van der Waals surface area contributed by atoms with Crippen LogP contribution < -0.4 is 10.1 Å². The molecule has 2 rings (SSSR count). The maximum Gasteiger partial charge on any atom is 0.248 e. The van der Waals surface area contributed by atoms with E-state index in [-0.39, 0.29) is 5.91 Å². The van der Waals surface area contributed by atoms with Crippen molar-refractivity contribution in [3.8, 4) is 5.75 Å². The normalized spacial score (nSPS) is 10.7. The second kappa shape index (κ2) is 7.27. The fourth-order valence-electron chi connectivity index (χ4n) is 2.16. The Morgan fingerprint density at radius 1 is 1.14 bits per heavy atom. The number of ether oxygens (including phenoxy) is 1. The number of amides is 1. The van der Waals surface area contributed by atoms with E-state index < -0.39 is 0 Å². The molecule has 4 heteroatoms. The predicted octanol–water partition coefficient (Wildman–Crippen LogP) is 4.73. The Bertz CT molecular complexity index is 683. The zero-order valence-corrected chi connectivity index (χ0v) is 14.4. The van der Waals surface area contributed by atoms with Gasteiger partial charge in [0.15, 0.2) is 0 Å². The van der Waals surface area contributed by atoms with Crippen LogP contribution in [-0.4, -0.2) is 13.0 Å². The molecule has 22 heavy (non-hydrogen) atoms. The SMILES string of the molecule is COc1ccc(/C=C\C(=O)Nc2c(C)cc(Br)cc2C)cc1. The number of carbonyl (C=O) groups is 1. The summed E-state index contributed by atoms with van der Waals surface area (Å²) in [6.45, 7) is 3.95. The number of carbonyl (C=O) groups excluding carboxylic acids is 1. The maximum atomic E-state index is 12.1. The zero-order chi connectivity index (χ0) is 16.1. The Morgan fingerprint density at radius 3 is 2.27 bits per heavy atom. The highest BCUT2D eigenvalue weighted by Crippen LogP contribution is 2.25. The fraction of sp³-hybridized carbons (Fsp3) is 0.167. The van der Waals surface area contributed by atoms with Gasteiger partial charge in [0.05, 0.1) is 7.11 Å². The topological polar surface area (TPSA) is 38.3 Å². The molecule has 0 radical (unpaired) electrons. The molecule has 0 heterocycles. The van der Waals surface area contributed by atoms with Gasteiger partial charge in [-0.15, -0.1) is 0 Å². The molecule has 0 spiro atoms. The van der Waals surface area contributed by atoms with E-state index in [0.29, 0.717) is 0 Å². The molecule has 1 amide bonds. The number of benzene rings is 2. The first-order chi connectivity index (χ1) is 10.5. The molecule has 0 saturated heterocycles. The third-order valence-electron chi connectivity index (χ3n) is 3.29. The van der Waals surface area contributed by atoms with Crippen molar-refractivity contribution < 1.29 is 9.53 Å². The van der Waals surface area contributed by atoms with E-state index in [9.17, 15) is 4.79 Å². The standard InChI is InChI=1S/C18H18BrNO2/c1-12-10-15(19)11-13(2)18(12)20-17(21)9-6-14-4-7-16(22-3)8-5-14/h4-11H,1-3H3,(H,20,21)/b9-6-. The van der Waals surface area contributed by atoms with Gasteiger partial charge in [0.25, 0.3) is 0 Å². The van der Waals surface area contributed by atoms with Gasteiger partial charge in [0, 0.05) is 16.2 Å². The van der Waals surface area contributed by atoms with E-state index in [1.165, 1.54) is 6.08 Å². The third-order valence-corrected chi connectivity index (χ3v) is 3.75. The van der Waals surface area contributed by atoms with Crippen LogP contribution in [0.15, 0.2) is 46.9 Å². The Morgan fingerprint density at radius 2 is 1.73 bits per heavy atom. The van der Waals surface area contributed by atoms with Crippen LogP contribution in [0.3, 0.4) is 0 Å². The number of methoxy groups -OCH3 is 1. The molecular formula is C18H18BrNO2. The Hall–Kier alpha value is -2.07. The number of halogens is 1.